The van der Waals surface area contributed by atoms with Crippen LogP contribution in [-0.2, 0) is 4.79 Å². The maximum Gasteiger partial charge on any atom is 0.277 e. The number of hydrogen-bond donors (Lipinski definition) is 1. The number of ether oxygens (including phenoxy) is 2. The minimum Gasteiger partial charge on any atom is -0.490 e. The Kier molecular flexibility index (Phi) is 6.77. The van der Waals surface area contributed by atoms with Crippen LogP contribution < -0.4 is 14.9 Å². The predicted octanol–water partition coefficient (Wildman–Crippen LogP) is 3.40. The van der Waals surface area contributed by atoms with Crippen LogP contribution in [0.5, 0.6) is 11.5 Å². The molecule has 0 unspecified atom stereocenters. The van der Waals surface area contributed by atoms with Gasteiger partial charge >= 0.3 is 0 Å². The van der Waals surface area contributed by atoms with E-state index in [4.69, 9.17) is 9.47 Å². The second kappa shape index (κ2) is 9.27. The van der Waals surface area contributed by atoms with Crippen LogP contribution in [0.15, 0.2) is 60.2 Å². The largest absolute Gasteiger partial charge is 0.490 e. The molecule has 0 aliphatic heterocycles. The van der Waals surface area contributed by atoms with E-state index in [0.717, 1.165) is 11.1 Å². The van der Waals surface area contributed by atoms with E-state index >= 15 is 0 Å². The molecule has 2 aromatic carbocycles. The summed E-state index contributed by atoms with van der Waals surface area (Å²) < 4.78 is 10.9. The molecule has 0 fully saturated rings. The van der Waals surface area contributed by atoms with Crippen molar-refractivity contribution in [3.63, 3.8) is 0 Å². The Bertz CT molecular complexity index is 769. The zero-order chi connectivity index (χ0) is 18.1. The first-order valence-corrected chi connectivity index (χ1v) is 7.94. The third-order valence-electron chi connectivity index (χ3n) is 3.48. The summed E-state index contributed by atoms with van der Waals surface area (Å²) in [6.07, 6.45) is 3.23. The third-order valence-corrected chi connectivity index (χ3v) is 3.48. The Hall–Kier alpha value is -3.08. The van der Waals surface area contributed by atoms with E-state index in [9.17, 15) is 4.79 Å². The molecule has 0 radical (unpaired) electrons. The Morgan fingerprint density at radius 2 is 1.92 bits per heavy atom. The highest BCUT2D eigenvalue weighted by Gasteiger charge is 2.02. The van der Waals surface area contributed by atoms with Crippen molar-refractivity contribution in [3.05, 3.63) is 71.8 Å². The van der Waals surface area contributed by atoms with E-state index in [1.165, 1.54) is 5.56 Å². The first-order chi connectivity index (χ1) is 12.1. The molecule has 5 nitrogen and oxygen atoms in total. The van der Waals surface area contributed by atoms with E-state index < -0.39 is 0 Å². The zero-order valence-corrected chi connectivity index (χ0v) is 14.5. The van der Waals surface area contributed by atoms with Crippen molar-refractivity contribution in [3.8, 4) is 11.5 Å². The van der Waals surface area contributed by atoms with Crippen LogP contribution in [0.2, 0.25) is 0 Å². The predicted molar refractivity (Wildman–Crippen MR) is 99.3 cm³/mol. The molecule has 0 aliphatic carbocycles. The fourth-order valence-corrected chi connectivity index (χ4v) is 2.00. The Balaban J connectivity index is 1.81. The van der Waals surface area contributed by atoms with Crippen molar-refractivity contribution in [2.45, 2.75) is 13.8 Å². The number of amides is 1. The van der Waals surface area contributed by atoms with Crippen LogP contribution in [-0.4, -0.2) is 25.3 Å². The van der Waals surface area contributed by atoms with Crippen molar-refractivity contribution < 1.29 is 14.3 Å². The number of hydrazone groups is 1. The van der Waals surface area contributed by atoms with Crippen LogP contribution in [0, 0.1) is 13.8 Å². The topological polar surface area (TPSA) is 59.9 Å². The van der Waals surface area contributed by atoms with E-state index in [1.807, 2.05) is 56.3 Å². The molecule has 0 saturated heterocycles. The fourth-order valence-electron chi connectivity index (χ4n) is 2.00. The lowest BCUT2D eigenvalue weighted by molar-refractivity contribution is -0.123. The highest BCUT2D eigenvalue weighted by Crippen LogP contribution is 2.16. The third kappa shape index (κ3) is 6.14. The number of nitrogens with zero attached hydrogens (tertiary/aromatic N) is 1. The summed E-state index contributed by atoms with van der Waals surface area (Å²) in [4.78, 5) is 11.8. The van der Waals surface area contributed by atoms with Gasteiger partial charge in [-0.25, -0.2) is 5.43 Å². The van der Waals surface area contributed by atoms with Crippen LogP contribution >= 0.6 is 0 Å². The molecule has 1 amide bonds. The van der Waals surface area contributed by atoms with Crippen molar-refractivity contribution >= 4 is 12.1 Å². The Labute approximate surface area is 148 Å². The van der Waals surface area contributed by atoms with Crippen LogP contribution in [0.3, 0.4) is 0 Å². The van der Waals surface area contributed by atoms with Crippen molar-refractivity contribution in [1.29, 1.82) is 0 Å². The molecule has 0 aromatic heterocycles. The summed E-state index contributed by atoms with van der Waals surface area (Å²) >= 11 is 0. The fraction of sp³-hybridized carbons (Fsp3) is 0.200. The SMILES string of the molecule is C=CCOc1cccc(/C=N\NC(=O)COc2ccc(C)c(C)c2)c1. The molecule has 0 heterocycles. The van der Waals surface area contributed by atoms with Crippen molar-refractivity contribution in [1.82, 2.24) is 5.43 Å². The molecule has 1 N–H and O–H groups in total. The summed E-state index contributed by atoms with van der Waals surface area (Å²) in [5.74, 6) is 1.05. The minimum atomic E-state index is -0.325. The smallest absolute Gasteiger partial charge is 0.277 e. The van der Waals surface area contributed by atoms with E-state index in [-0.39, 0.29) is 12.5 Å². The van der Waals surface area contributed by atoms with Crippen LogP contribution in [0.4, 0.5) is 0 Å². The molecular weight excluding hydrogens is 316 g/mol. The molecule has 0 bridgehead atoms. The monoisotopic (exact) mass is 338 g/mol. The molecule has 0 atom stereocenters. The summed E-state index contributed by atoms with van der Waals surface area (Å²) in [5.41, 5.74) is 5.56. The quantitative estimate of drug-likeness (QED) is 0.456. The molecule has 0 spiro atoms. The first-order valence-electron chi connectivity index (χ1n) is 7.94. The number of carbonyl (C=O) groups is 1. The van der Waals surface area contributed by atoms with Gasteiger partial charge in [-0.05, 0) is 54.8 Å². The Morgan fingerprint density at radius 3 is 2.68 bits per heavy atom. The first kappa shape index (κ1) is 18.3. The highest BCUT2D eigenvalue weighted by atomic mass is 16.5. The molecule has 130 valence electrons. The average Bonchev–Trinajstić information content (AvgIpc) is 2.61. The minimum absolute atomic E-state index is 0.0949. The second-order valence-electron chi connectivity index (χ2n) is 5.50. The summed E-state index contributed by atoms with van der Waals surface area (Å²) in [6.45, 7) is 7.97. The van der Waals surface area contributed by atoms with Gasteiger partial charge in [0.25, 0.3) is 5.91 Å². The number of rotatable bonds is 8. The van der Waals surface area contributed by atoms with Gasteiger partial charge in [-0.3, -0.25) is 4.79 Å². The average molecular weight is 338 g/mol. The number of hydrogen-bond acceptors (Lipinski definition) is 4. The molecule has 2 rings (SSSR count). The van der Waals surface area contributed by atoms with Gasteiger partial charge in [0.05, 0.1) is 6.21 Å². The van der Waals surface area contributed by atoms with Gasteiger partial charge in [0.15, 0.2) is 6.61 Å². The molecule has 25 heavy (non-hydrogen) atoms. The van der Waals surface area contributed by atoms with E-state index in [2.05, 4.69) is 17.1 Å². The summed E-state index contributed by atoms with van der Waals surface area (Å²) in [6, 6.07) is 13.1. The van der Waals surface area contributed by atoms with Gasteiger partial charge in [-0.2, -0.15) is 5.10 Å². The van der Waals surface area contributed by atoms with Crippen molar-refractivity contribution in [2.24, 2.45) is 5.10 Å². The van der Waals surface area contributed by atoms with E-state index in [1.54, 1.807) is 12.3 Å². The lowest BCUT2D eigenvalue weighted by atomic mass is 10.1. The molecule has 2 aromatic rings. The number of benzene rings is 2. The van der Waals surface area contributed by atoms with Gasteiger partial charge in [-0.15, -0.1) is 0 Å². The van der Waals surface area contributed by atoms with Gasteiger partial charge in [0.2, 0.25) is 0 Å². The van der Waals surface area contributed by atoms with Gasteiger partial charge in [-0.1, -0.05) is 30.9 Å². The molecule has 0 saturated carbocycles. The maximum atomic E-state index is 11.8. The second-order valence-corrected chi connectivity index (χ2v) is 5.50. The van der Waals surface area contributed by atoms with Crippen LogP contribution in [0.25, 0.3) is 0 Å². The summed E-state index contributed by atoms with van der Waals surface area (Å²) in [5, 5.41) is 3.93. The van der Waals surface area contributed by atoms with Crippen molar-refractivity contribution in [2.75, 3.05) is 13.2 Å². The van der Waals surface area contributed by atoms with Gasteiger partial charge < -0.3 is 9.47 Å². The Morgan fingerprint density at radius 1 is 1.12 bits per heavy atom. The number of aryl methyl sites for hydroxylation is 2. The summed E-state index contributed by atoms with van der Waals surface area (Å²) in [7, 11) is 0. The van der Waals surface area contributed by atoms with E-state index in [0.29, 0.717) is 18.1 Å². The highest BCUT2D eigenvalue weighted by molar-refractivity contribution is 5.83. The zero-order valence-electron chi connectivity index (χ0n) is 14.5. The molecule has 5 heteroatoms. The normalized spacial score (nSPS) is 10.5. The van der Waals surface area contributed by atoms with Gasteiger partial charge in [0.1, 0.15) is 18.1 Å². The van der Waals surface area contributed by atoms with Crippen LogP contribution in [0.1, 0.15) is 16.7 Å². The van der Waals surface area contributed by atoms with Gasteiger partial charge in [0, 0.05) is 0 Å². The lowest BCUT2D eigenvalue weighted by Crippen LogP contribution is -2.24. The standard InChI is InChI=1S/C20H22N2O3/c1-4-10-24-18-7-5-6-17(12-18)13-21-22-20(23)14-25-19-9-8-15(2)16(3)11-19/h4-9,11-13H,1,10,14H2,2-3H3,(H,22,23)/b21-13-. The molecule has 0 aliphatic rings. The molecular formula is C20H22N2O3. The number of nitrogens with one attached hydrogen (secondary N) is 1. The number of carbonyl (C=O) groups excluding carboxylic acids is 1. The lowest BCUT2D eigenvalue weighted by Gasteiger charge is -2.07. The maximum absolute atomic E-state index is 11.8.